The van der Waals surface area contributed by atoms with Gasteiger partial charge in [0.2, 0.25) is 0 Å². The van der Waals surface area contributed by atoms with Crippen molar-refractivity contribution in [2.75, 3.05) is 13.2 Å². The Bertz CT molecular complexity index is 409. The van der Waals surface area contributed by atoms with Crippen LogP contribution in [-0.2, 0) is 19.1 Å². The molecule has 20 heavy (non-hydrogen) atoms. The van der Waals surface area contributed by atoms with Crippen LogP contribution in [0.25, 0.3) is 10.4 Å². The molecule has 9 heteroatoms. The largest absolute Gasteiger partial charge is 0.461 e. The van der Waals surface area contributed by atoms with Crippen LogP contribution in [0.2, 0.25) is 0 Å². The molecule has 0 saturated heterocycles. The molecule has 0 heterocycles. The van der Waals surface area contributed by atoms with Crippen LogP contribution in [0.1, 0.15) is 27.7 Å². The maximum Gasteiger partial charge on any atom is 0.322 e. The lowest BCUT2D eigenvalue weighted by atomic mass is 10.2. The number of alkyl halides is 2. The van der Waals surface area contributed by atoms with Crippen LogP contribution >= 0.6 is 31.9 Å². The number of rotatable bonds is 7. The van der Waals surface area contributed by atoms with Crippen LogP contribution in [0.4, 0.5) is 0 Å². The standard InChI is InChI=1S/C11H17Br2N3O4/c1-10(2,12)8(17)19-6-7(5-15-16-14)20-9(18)11(3,4)13/h7H,5-6H2,1-4H3. The summed E-state index contributed by atoms with van der Waals surface area (Å²) in [7, 11) is 0. The maximum absolute atomic E-state index is 11.7. The van der Waals surface area contributed by atoms with E-state index in [0.29, 0.717) is 0 Å². The highest BCUT2D eigenvalue weighted by molar-refractivity contribution is 9.10. The number of nitrogens with zero attached hydrogens (tertiary/aromatic N) is 3. The minimum absolute atomic E-state index is 0.110. The van der Waals surface area contributed by atoms with E-state index in [9.17, 15) is 9.59 Å². The smallest absolute Gasteiger partial charge is 0.322 e. The second-order valence-corrected chi connectivity index (χ2v) is 8.95. The molecule has 0 rings (SSSR count). The van der Waals surface area contributed by atoms with Gasteiger partial charge in [-0.25, -0.2) is 0 Å². The number of hydrogen-bond donors (Lipinski definition) is 0. The lowest BCUT2D eigenvalue weighted by Gasteiger charge is -2.22. The van der Waals surface area contributed by atoms with Crippen molar-refractivity contribution in [3.63, 3.8) is 0 Å². The second-order valence-electron chi connectivity index (χ2n) is 4.98. The minimum Gasteiger partial charge on any atom is -0.461 e. The zero-order valence-corrected chi connectivity index (χ0v) is 14.9. The molecule has 7 nitrogen and oxygen atoms in total. The van der Waals surface area contributed by atoms with Gasteiger partial charge in [0.05, 0.1) is 6.54 Å². The summed E-state index contributed by atoms with van der Waals surface area (Å²) in [6, 6.07) is 0. The van der Waals surface area contributed by atoms with Crippen molar-refractivity contribution < 1.29 is 19.1 Å². The van der Waals surface area contributed by atoms with Crippen LogP contribution in [0, 0.1) is 0 Å². The van der Waals surface area contributed by atoms with E-state index in [1.807, 2.05) is 0 Å². The van der Waals surface area contributed by atoms with Crippen LogP contribution in [0.15, 0.2) is 5.11 Å². The van der Waals surface area contributed by atoms with Crippen LogP contribution in [0.3, 0.4) is 0 Å². The third-order valence-corrected chi connectivity index (χ3v) is 2.64. The SMILES string of the molecule is CC(C)(Br)C(=O)OCC(CN=[N+]=[N-])OC(=O)C(C)(C)Br. The Morgan fingerprint density at radius 3 is 2.10 bits per heavy atom. The van der Waals surface area contributed by atoms with E-state index in [1.54, 1.807) is 27.7 Å². The number of azide groups is 1. The lowest BCUT2D eigenvalue weighted by molar-refractivity contribution is -0.160. The third-order valence-electron chi connectivity index (χ3n) is 1.99. The number of ether oxygens (including phenoxy) is 2. The molecule has 0 spiro atoms. The van der Waals surface area contributed by atoms with E-state index in [1.165, 1.54) is 0 Å². The van der Waals surface area contributed by atoms with Gasteiger partial charge in [-0.3, -0.25) is 9.59 Å². The number of carbonyl (C=O) groups is 2. The monoisotopic (exact) mass is 413 g/mol. The molecule has 0 aromatic rings. The second kappa shape index (κ2) is 7.85. The highest BCUT2D eigenvalue weighted by atomic mass is 79.9. The molecule has 114 valence electrons. The predicted octanol–water partition coefficient (Wildman–Crippen LogP) is 3.10. The number of esters is 2. The highest BCUT2D eigenvalue weighted by Crippen LogP contribution is 2.20. The Morgan fingerprint density at radius 1 is 1.20 bits per heavy atom. The maximum atomic E-state index is 11.7. The van der Waals surface area contributed by atoms with Gasteiger partial charge in [-0.1, -0.05) is 37.0 Å². The quantitative estimate of drug-likeness (QED) is 0.210. The number of halogens is 2. The molecular weight excluding hydrogens is 398 g/mol. The number of hydrogen-bond acceptors (Lipinski definition) is 5. The summed E-state index contributed by atoms with van der Waals surface area (Å²) in [6.07, 6.45) is -0.825. The lowest BCUT2D eigenvalue weighted by Crippen LogP contribution is -2.36. The van der Waals surface area contributed by atoms with Crippen molar-refractivity contribution in [2.45, 2.75) is 42.4 Å². The summed E-state index contributed by atoms with van der Waals surface area (Å²) in [5.41, 5.74) is 8.31. The van der Waals surface area contributed by atoms with Gasteiger partial charge in [-0.05, 0) is 33.2 Å². The van der Waals surface area contributed by atoms with Crippen molar-refractivity contribution in [2.24, 2.45) is 5.11 Å². The predicted molar refractivity (Wildman–Crippen MR) is 80.9 cm³/mol. The van der Waals surface area contributed by atoms with Gasteiger partial charge in [-0.2, -0.15) is 0 Å². The molecular formula is C11H17Br2N3O4. The van der Waals surface area contributed by atoms with Gasteiger partial charge in [0.15, 0.2) is 0 Å². The van der Waals surface area contributed by atoms with Gasteiger partial charge < -0.3 is 9.47 Å². The molecule has 0 bridgehead atoms. The summed E-state index contributed by atoms with van der Waals surface area (Å²) in [6.45, 7) is 6.21. The highest BCUT2D eigenvalue weighted by Gasteiger charge is 2.30. The molecule has 0 aliphatic heterocycles. The molecule has 1 unspecified atom stereocenters. The van der Waals surface area contributed by atoms with Crippen molar-refractivity contribution in [3.8, 4) is 0 Å². The third kappa shape index (κ3) is 7.72. The zero-order valence-electron chi connectivity index (χ0n) is 11.7. The fraction of sp³-hybridized carbons (Fsp3) is 0.818. The topological polar surface area (TPSA) is 101 Å². The summed E-state index contributed by atoms with van der Waals surface area (Å²) in [5, 5.41) is 3.33. The first kappa shape index (κ1) is 19.2. The van der Waals surface area contributed by atoms with Crippen LogP contribution in [-0.4, -0.2) is 39.8 Å². The van der Waals surface area contributed by atoms with Gasteiger partial charge in [0.1, 0.15) is 21.4 Å². The molecule has 0 radical (unpaired) electrons. The molecule has 0 aliphatic rings. The molecule has 0 N–H and O–H groups in total. The van der Waals surface area contributed by atoms with Gasteiger partial charge in [-0.15, -0.1) is 0 Å². The van der Waals surface area contributed by atoms with Crippen molar-refractivity contribution in [1.82, 2.24) is 0 Å². The summed E-state index contributed by atoms with van der Waals surface area (Å²) in [4.78, 5) is 25.9. The Kier molecular flexibility index (Phi) is 7.54. The van der Waals surface area contributed by atoms with Crippen LogP contribution in [0.5, 0.6) is 0 Å². The average Bonchev–Trinajstić information content (AvgIpc) is 2.29. The average molecular weight is 415 g/mol. The fourth-order valence-corrected chi connectivity index (χ4v) is 1.09. The van der Waals surface area contributed by atoms with E-state index < -0.39 is 26.7 Å². The molecule has 0 aromatic heterocycles. The number of carbonyl (C=O) groups excluding carboxylic acids is 2. The summed E-state index contributed by atoms with van der Waals surface area (Å²) < 4.78 is 8.44. The molecule has 1 atom stereocenters. The fourth-order valence-electron chi connectivity index (χ4n) is 0.883. The molecule has 0 aromatic carbocycles. The van der Waals surface area contributed by atoms with Gasteiger partial charge >= 0.3 is 11.9 Å². The Labute approximate surface area is 134 Å². The Hall–Kier alpha value is -0.790. The molecule has 0 aliphatic carbocycles. The van der Waals surface area contributed by atoms with Crippen LogP contribution < -0.4 is 0 Å². The molecule has 0 saturated carbocycles. The first-order valence-electron chi connectivity index (χ1n) is 5.75. The summed E-state index contributed by atoms with van der Waals surface area (Å²) >= 11 is 6.32. The Morgan fingerprint density at radius 2 is 1.70 bits per heavy atom. The zero-order chi connectivity index (χ0) is 16.0. The van der Waals surface area contributed by atoms with Crippen molar-refractivity contribution >= 4 is 43.8 Å². The van der Waals surface area contributed by atoms with Gasteiger partial charge in [0, 0.05) is 4.91 Å². The van der Waals surface area contributed by atoms with E-state index in [0.717, 1.165) is 0 Å². The van der Waals surface area contributed by atoms with Gasteiger partial charge in [0.25, 0.3) is 0 Å². The van der Waals surface area contributed by atoms with E-state index in [2.05, 4.69) is 41.9 Å². The van der Waals surface area contributed by atoms with E-state index in [-0.39, 0.29) is 13.2 Å². The molecule has 0 fully saturated rings. The normalized spacial score (nSPS) is 13.1. The summed E-state index contributed by atoms with van der Waals surface area (Å²) in [5.74, 6) is -1.04. The van der Waals surface area contributed by atoms with E-state index >= 15 is 0 Å². The minimum atomic E-state index is -0.875. The van der Waals surface area contributed by atoms with Crippen molar-refractivity contribution in [1.29, 1.82) is 0 Å². The van der Waals surface area contributed by atoms with E-state index in [4.69, 9.17) is 15.0 Å². The first-order valence-corrected chi connectivity index (χ1v) is 7.34. The van der Waals surface area contributed by atoms with Crippen molar-refractivity contribution in [3.05, 3.63) is 10.4 Å². The Balaban J connectivity index is 4.62. The molecule has 0 amide bonds. The first-order chi connectivity index (χ1) is 8.98.